The maximum absolute atomic E-state index is 13.5. The van der Waals surface area contributed by atoms with Gasteiger partial charge in [-0.05, 0) is 24.6 Å². The van der Waals surface area contributed by atoms with Gasteiger partial charge in [-0.1, -0.05) is 48.0 Å². The third kappa shape index (κ3) is 3.02. The molecule has 3 rings (SSSR count). The number of aliphatic hydroxyl groups is 1. The monoisotopic (exact) mass is 348 g/mol. The fraction of sp³-hybridized carbons (Fsp3) is 0.222. The Kier molecular flexibility index (Phi) is 4.12. The van der Waals surface area contributed by atoms with Crippen molar-refractivity contribution in [2.24, 2.45) is 5.10 Å². The first-order valence-electron chi connectivity index (χ1n) is 7.55. The van der Waals surface area contributed by atoms with Gasteiger partial charge in [0.1, 0.15) is 0 Å². The minimum atomic E-state index is -5.05. The SMILES string of the molecule is Cc1ccc(C(=O)N2N=C(c3ccccc3)C[C@@]2(O)C(F)(F)F)cc1. The van der Waals surface area contributed by atoms with Crippen molar-refractivity contribution < 1.29 is 23.1 Å². The zero-order valence-electron chi connectivity index (χ0n) is 13.3. The molecule has 0 saturated heterocycles. The van der Waals surface area contributed by atoms with E-state index in [4.69, 9.17) is 0 Å². The molecular formula is C18H15F3N2O2. The van der Waals surface area contributed by atoms with Crippen LogP contribution in [0.3, 0.4) is 0 Å². The van der Waals surface area contributed by atoms with Gasteiger partial charge in [0.2, 0.25) is 0 Å². The average Bonchev–Trinajstić information content (AvgIpc) is 2.95. The highest BCUT2D eigenvalue weighted by molar-refractivity contribution is 6.05. The molecule has 1 aliphatic heterocycles. The maximum Gasteiger partial charge on any atom is 0.438 e. The van der Waals surface area contributed by atoms with Gasteiger partial charge < -0.3 is 5.11 Å². The predicted molar refractivity (Wildman–Crippen MR) is 85.9 cm³/mol. The van der Waals surface area contributed by atoms with Crippen molar-refractivity contribution in [1.29, 1.82) is 0 Å². The second kappa shape index (κ2) is 6.00. The molecule has 1 atom stereocenters. The summed E-state index contributed by atoms with van der Waals surface area (Å²) in [5, 5.41) is 14.2. The van der Waals surface area contributed by atoms with E-state index in [1.807, 2.05) is 0 Å². The minimum Gasteiger partial charge on any atom is -0.362 e. The molecule has 7 heteroatoms. The molecule has 0 unspecified atom stereocenters. The fourth-order valence-electron chi connectivity index (χ4n) is 2.59. The number of nitrogens with zero attached hydrogens (tertiary/aromatic N) is 2. The van der Waals surface area contributed by atoms with E-state index in [2.05, 4.69) is 5.10 Å². The Morgan fingerprint density at radius 3 is 2.28 bits per heavy atom. The highest BCUT2D eigenvalue weighted by atomic mass is 19.4. The molecule has 1 aliphatic rings. The number of halogens is 3. The first-order chi connectivity index (χ1) is 11.7. The number of benzene rings is 2. The summed E-state index contributed by atoms with van der Waals surface area (Å²) in [5.41, 5.74) is -2.07. The van der Waals surface area contributed by atoms with Gasteiger partial charge in [-0.15, -0.1) is 0 Å². The number of rotatable bonds is 2. The molecule has 2 aromatic carbocycles. The molecule has 1 amide bonds. The lowest BCUT2D eigenvalue weighted by molar-refractivity contribution is -0.297. The number of amides is 1. The molecule has 1 heterocycles. The summed E-state index contributed by atoms with van der Waals surface area (Å²) in [4.78, 5) is 12.6. The maximum atomic E-state index is 13.5. The smallest absolute Gasteiger partial charge is 0.362 e. The largest absolute Gasteiger partial charge is 0.438 e. The van der Waals surface area contributed by atoms with Crippen LogP contribution in [-0.4, -0.2) is 33.6 Å². The third-order valence-corrected chi connectivity index (χ3v) is 4.04. The Morgan fingerprint density at radius 1 is 1.12 bits per heavy atom. The molecule has 2 aromatic rings. The summed E-state index contributed by atoms with van der Waals surface area (Å²) in [6.07, 6.45) is -5.87. The fourth-order valence-corrected chi connectivity index (χ4v) is 2.59. The third-order valence-electron chi connectivity index (χ3n) is 4.04. The minimum absolute atomic E-state index is 0.000821. The van der Waals surface area contributed by atoms with Crippen molar-refractivity contribution in [3.63, 3.8) is 0 Å². The van der Waals surface area contributed by atoms with E-state index in [1.165, 1.54) is 12.1 Å². The normalized spacial score (nSPS) is 20.5. The average molecular weight is 348 g/mol. The van der Waals surface area contributed by atoms with Crippen LogP contribution in [0, 0.1) is 6.92 Å². The van der Waals surface area contributed by atoms with E-state index in [0.717, 1.165) is 5.56 Å². The van der Waals surface area contributed by atoms with E-state index in [0.29, 0.717) is 5.56 Å². The molecule has 0 radical (unpaired) electrons. The summed E-state index contributed by atoms with van der Waals surface area (Å²) < 4.78 is 40.5. The first-order valence-corrected chi connectivity index (χ1v) is 7.55. The van der Waals surface area contributed by atoms with Crippen LogP contribution in [0.5, 0.6) is 0 Å². The van der Waals surface area contributed by atoms with E-state index >= 15 is 0 Å². The number of aryl methyl sites for hydroxylation is 1. The molecular weight excluding hydrogens is 333 g/mol. The van der Waals surface area contributed by atoms with E-state index in [9.17, 15) is 23.1 Å². The Hall–Kier alpha value is -2.67. The van der Waals surface area contributed by atoms with Crippen LogP contribution in [0.15, 0.2) is 59.7 Å². The molecule has 0 aliphatic carbocycles. The molecule has 0 spiro atoms. The zero-order valence-corrected chi connectivity index (χ0v) is 13.3. The summed E-state index contributed by atoms with van der Waals surface area (Å²) in [7, 11) is 0. The van der Waals surface area contributed by atoms with Crippen molar-refractivity contribution in [1.82, 2.24) is 5.01 Å². The number of hydrogen-bond donors (Lipinski definition) is 1. The standard InChI is InChI=1S/C18H15F3N2O2/c1-12-7-9-14(10-8-12)16(24)23-17(25,18(19,20)21)11-15(22-23)13-5-3-2-4-6-13/h2-10,25H,11H2,1H3/t17-/m1/s1. The molecule has 0 bridgehead atoms. The van der Waals surface area contributed by atoms with Gasteiger partial charge in [-0.25, -0.2) is 0 Å². The van der Waals surface area contributed by atoms with Gasteiger partial charge in [0.15, 0.2) is 0 Å². The van der Waals surface area contributed by atoms with Crippen molar-refractivity contribution in [2.75, 3.05) is 0 Å². The van der Waals surface area contributed by atoms with Gasteiger partial charge >= 0.3 is 6.18 Å². The summed E-state index contributed by atoms with van der Waals surface area (Å²) in [6.45, 7) is 1.79. The van der Waals surface area contributed by atoms with Gasteiger partial charge in [0, 0.05) is 5.56 Å². The lowest BCUT2D eigenvalue weighted by atomic mass is 10.0. The molecule has 25 heavy (non-hydrogen) atoms. The van der Waals surface area contributed by atoms with Crippen LogP contribution in [0.2, 0.25) is 0 Å². The summed E-state index contributed by atoms with van der Waals surface area (Å²) >= 11 is 0. The number of carbonyl (C=O) groups is 1. The molecule has 0 aromatic heterocycles. The topological polar surface area (TPSA) is 52.9 Å². The van der Waals surface area contributed by atoms with E-state index < -0.39 is 24.2 Å². The number of carbonyl (C=O) groups excluding carboxylic acids is 1. The number of hydrazone groups is 1. The van der Waals surface area contributed by atoms with Crippen LogP contribution >= 0.6 is 0 Å². The quantitative estimate of drug-likeness (QED) is 0.903. The number of hydrogen-bond acceptors (Lipinski definition) is 3. The Morgan fingerprint density at radius 2 is 1.72 bits per heavy atom. The van der Waals surface area contributed by atoms with Crippen LogP contribution in [-0.2, 0) is 0 Å². The lowest BCUT2D eigenvalue weighted by Gasteiger charge is -2.32. The molecule has 130 valence electrons. The Balaban J connectivity index is 2.04. The van der Waals surface area contributed by atoms with Crippen LogP contribution in [0.1, 0.15) is 27.9 Å². The second-order valence-electron chi connectivity index (χ2n) is 5.89. The van der Waals surface area contributed by atoms with Crippen molar-refractivity contribution in [3.05, 3.63) is 71.3 Å². The van der Waals surface area contributed by atoms with Crippen LogP contribution < -0.4 is 0 Å². The number of alkyl halides is 3. The van der Waals surface area contributed by atoms with E-state index in [1.54, 1.807) is 49.4 Å². The first kappa shape index (κ1) is 17.2. The molecule has 4 nitrogen and oxygen atoms in total. The van der Waals surface area contributed by atoms with Gasteiger partial charge in [0.05, 0.1) is 12.1 Å². The highest BCUT2D eigenvalue weighted by Gasteiger charge is 2.63. The summed E-state index contributed by atoms with van der Waals surface area (Å²) in [6, 6.07) is 14.2. The van der Waals surface area contributed by atoms with Crippen molar-refractivity contribution in [3.8, 4) is 0 Å². The lowest BCUT2D eigenvalue weighted by Crippen LogP contribution is -2.56. The second-order valence-corrected chi connectivity index (χ2v) is 5.89. The van der Waals surface area contributed by atoms with Gasteiger partial charge in [-0.3, -0.25) is 4.79 Å². The van der Waals surface area contributed by atoms with Gasteiger partial charge in [-0.2, -0.15) is 23.3 Å². The molecule has 0 fully saturated rings. The van der Waals surface area contributed by atoms with Crippen LogP contribution in [0.25, 0.3) is 0 Å². The predicted octanol–water partition coefficient (Wildman–Crippen LogP) is 3.50. The highest BCUT2D eigenvalue weighted by Crippen LogP contribution is 2.41. The molecule has 1 N–H and O–H groups in total. The Bertz CT molecular complexity index is 816. The van der Waals surface area contributed by atoms with Crippen LogP contribution in [0.4, 0.5) is 13.2 Å². The van der Waals surface area contributed by atoms with Crippen molar-refractivity contribution in [2.45, 2.75) is 25.2 Å². The van der Waals surface area contributed by atoms with Gasteiger partial charge in [0.25, 0.3) is 11.6 Å². The summed E-state index contributed by atoms with van der Waals surface area (Å²) in [5.74, 6) is -1.01. The van der Waals surface area contributed by atoms with Crippen molar-refractivity contribution >= 4 is 11.6 Å². The van der Waals surface area contributed by atoms with E-state index in [-0.39, 0.29) is 16.3 Å². The zero-order chi connectivity index (χ0) is 18.2. The molecule has 0 saturated carbocycles. The Labute approximate surface area is 142 Å².